The minimum Gasteiger partial charge on any atom is -0.476 e. The Kier molecular flexibility index (Phi) is 6.55. The Morgan fingerprint density at radius 2 is 1.91 bits per heavy atom. The molecule has 3 fully saturated rings. The fraction of sp³-hybridized carbons (Fsp3) is 0.700. The van der Waals surface area contributed by atoms with Crippen LogP contribution in [0.4, 0.5) is 10.6 Å². The molecule has 1 aromatic heterocycles. The molecule has 32 heavy (non-hydrogen) atoms. The highest BCUT2D eigenvalue weighted by Gasteiger charge is 2.43. The molecule has 2 aliphatic heterocycles. The van der Waals surface area contributed by atoms with Crippen molar-refractivity contribution in [3.05, 3.63) is 12.4 Å². The smallest absolute Gasteiger partial charge is 0.410 e. The van der Waals surface area contributed by atoms with Gasteiger partial charge in [0.15, 0.2) is 5.82 Å². The van der Waals surface area contributed by atoms with Gasteiger partial charge in [0.25, 0.3) is 0 Å². The number of hydrogen-bond donors (Lipinski definition) is 0. The highest BCUT2D eigenvalue weighted by atomic mass is 32.2. The highest BCUT2D eigenvalue weighted by Crippen LogP contribution is 2.39. The van der Waals surface area contributed by atoms with Crippen LogP contribution >= 0.6 is 12.2 Å². The first-order chi connectivity index (χ1) is 15.1. The van der Waals surface area contributed by atoms with E-state index in [1.807, 2.05) is 6.92 Å². The molecule has 2 saturated heterocycles. The van der Waals surface area contributed by atoms with Gasteiger partial charge in [-0.05, 0) is 38.5 Å². The molecule has 0 unspecified atom stereocenters. The molecule has 0 atom stereocenters. The molecule has 0 N–H and O–H groups in total. The number of thiocarbonyl (C=S) groups is 1. The van der Waals surface area contributed by atoms with Crippen molar-refractivity contribution in [2.75, 3.05) is 50.5 Å². The lowest BCUT2D eigenvalue weighted by Gasteiger charge is -2.34. The number of rotatable bonds is 6. The molecule has 0 radical (unpaired) electrons. The van der Waals surface area contributed by atoms with E-state index in [1.165, 1.54) is 10.6 Å². The van der Waals surface area contributed by atoms with E-state index in [-0.39, 0.29) is 18.2 Å². The van der Waals surface area contributed by atoms with Crippen LogP contribution in [0.1, 0.15) is 32.6 Å². The van der Waals surface area contributed by atoms with Crippen molar-refractivity contribution in [3.8, 4) is 5.88 Å². The van der Waals surface area contributed by atoms with Crippen molar-refractivity contribution in [3.63, 3.8) is 0 Å². The maximum absolute atomic E-state index is 12.2. The van der Waals surface area contributed by atoms with Crippen LogP contribution in [0.15, 0.2) is 12.4 Å². The fourth-order valence-corrected chi connectivity index (χ4v) is 4.93. The molecular weight excluding hydrogens is 454 g/mol. The Bertz CT molecular complexity index is 959. The summed E-state index contributed by atoms with van der Waals surface area (Å²) in [5, 5.41) is 0. The third-order valence-electron chi connectivity index (χ3n) is 6.17. The van der Waals surface area contributed by atoms with Crippen LogP contribution in [-0.4, -0.2) is 89.9 Å². The van der Waals surface area contributed by atoms with Gasteiger partial charge in [-0.3, -0.25) is 0 Å². The van der Waals surface area contributed by atoms with Crippen molar-refractivity contribution in [2.45, 2.75) is 38.2 Å². The minimum absolute atomic E-state index is 0.166. The first-order valence-corrected chi connectivity index (χ1v) is 13.1. The van der Waals surface area contributed by atoms with E-state index < -0.39 is 10.0 Å². The Balaban J connectivity index is 1.22. The number of sulfonamides is 1. The van der Waals surface area contributed by atoms with Gasteiger partial charge in [-0.25, -0.2) is 23.2 Å². The van der Waals surface area contributed by atoms with Gasteiger partial charge in [-0.1, -0.05) is 12.2 Å². The molecule has 0 aromatic carbocycles. The summed E-state index contributed by atoms with van der Waals surface area (Å²) in [5.41, 5.74) is -0.243. The highest BCUT2D eigenvalue weighted by molar-refractivity contribution is 7.88. The van der Waals surface area contributed by atoms with Gasteiger partial charge >= 0.3 is 6.09 Å². The number of nitrogens with zero attached hydrogens (tertiary/aromatic N) is 5. The second kappa shape index (κ2) is 9.06. The average Bonchev–Trinajstić information content (AvgIpc) is 3.49. The summed E-state index contributed by atoms with van der Waals surface area (Å²) in [7, 11) is -3.27. The summed E-state index contributed by atoms with van der Waals surface area (Å²) < 4.78 is 36.1. The number of hydrogen-bond acceptors (Lipinski definition) is 8. The van der Waals surface area contributed by atoms with Gasteiger partial charge in [0.05, 0.1) is 36.8 Å². The van der Waals surface area contributed by atoms with Crippen molar-refractivity contribution in [1.29, 1.82) is 0 Å². The Morgan fingerprint density at radius 3 is 2.47 bits per heavy atom. The molecular formula is C20H29N5O5S2. The van der Waals surface area contributed by atoms with Crippen molar-refractivity contribution < 1.29 is 22.7 Å². The standard InChI is InChI=1S/C20H29N5O5S2/c1-20(5-6-20)30-19(26)23-7-3-15(4-8-23)14-29-17-12-21-16(11-22-17)25-10-9-24(13-18(25)31)32(2,27)28/h11-12,15H,3-10,13-14H2,1-2H3. The normalized spacial score (nSPS) is 22.0. The van der Waals surface area contributed by atoms with Crippen LogP contribution in [-0.2, 0) is 14.8 Å². The minimum atomic E-state index is -3.27. The summed E-state index contributed by atoms with van der Waals surface area (Å²) in [6.45, 7) is 4.78. The lowest BCUT2D eigenvalue weighted by molar-refractivity contribution is 0.0454. The third kappa shape index (κ3) is 5.65. The summed E-state index contributed by atoms with van der Waals surface area (Å²) in [5.74, 6) is 1.35. The summed E-state index contributed by atoms with van der Waals surface area (Å²) in [6.07, 6.45) is 7.74. The first kappa shape index (κ1) is 23.1. The summed E-state index contributed by atoms with van der Waals surface area (Å²) in [6, 6.07) is 0. The SMILES string of the molecule is CC1(OC(=O)N2CCC(COc3cnc(N4CCN(S(C)(=O)=O)CC4=S)cn3)CC2)CC1. The maximum atomic E-state index is 12.2. The number of likely N-dealkylation sites (tertiary alicyclic amines) is 1. The number of carbonyl (C=O) groups is 1. The van der Waals surface area contributed by atoms with Gasteiger partial charge in [0.2, 0.25) is 15.9 Å². The van der Waals surface area contributed by atoms with Gasteiger partial charge in [-0.15, -0.1) is 0 Å². The number of piperidine rings is 1. The van der Waals surface area contributed by atoms with E-state index in [0.717, 1.165) is 25.7 Å². The van der Waals surface area contributed by atoms with Crippen LogP contribution in [0.25, 0.3) is 0 Å². The van der Waals surface area contributed by atoms with Gasteiger partial charge in [-0.2, -0.15) is 4.31 Å². The molecule has 1 aliphatic carbocycles. The predicted molar refractivity (Wildman–Crippen MR) is 122 cm³/mol. The quantitative estimate of drug-likeness (QED) is 0.559. The molecule has 3 heterocycles. The number of carbonyl (C=O) groups excluding carboxylic acids is 1. The van der Waals surface area contributed by atoms with E-state index in [1.54, 1.807) is 22.2 Å². The predicted octanol–water partition coefficient (Wildman–Crippen LogP) is 1.67. The molecule has 10 nitrogen and oxygen atoms in total. The zero-order valence-electron chi connectivity index (χ0n) is 18.4. The van der Waals surface area contributed by atoms with E-state index in [0.29, 0.717) is 55.4 Å². The van der Waals surface area contributed by atoms with Crippen molar-refractivity contribution in [1.82, 2.24) is 19.2 Å². The van der Waals surface area contributed by atoms with Crippen molar-refractivity contribution in [2.24, 2.45) is 5.92 Å². The Hall–Kier alpha value is -2.05. The second-order valence-corrected chi connectivity index (χ2v) is 11.4. The fourth-order valence-electron chi connectivity index (χ4n) is 3.74. The van der Waals surface area contributed by atoms with E-state index in [4.69, 9.17) is 21.7 Å². The van der Waals surface area contributed by atoms with E-state index >= 15 is 0 Å². The molecule has 0 spiro atoms. The van der Waals surface area contributed by atoms with Crippen LogP contribution in [0.2, 0.25) is 0 Å². The first-order valence-electron chi connectivity index (χ1n) is 10.8. The topological polar surface area (TPSA) is 105 Å². The summed E-state index contributed by atoms with van der Waals surface area (Å²) in [4.78, 5) is 25.0. The lowest BCUT2D eigenvalue weighted by atomic mass is 9.98. The maximum Gasteiger partial charge on any atom is 0.410 e. The monoisotopic (exact) mass is 483 g/mol. The molecule has 3 aliphatic rings. The average molecular weight is 484 g/mol. The number of ether oxygens (including phenoxy) is 2. The van der Waals surface area contributed by atoms with Gasteiger partial charge in [0.1, 0.15) is 5.60 Å². The molecule has 1 amide bonds. The van der Waals surface area contributed by atoms with Crippen molar-refractivity contribution >= 4 is 39.1 Å². The molecule has 1 saturated carbocycles. The van der Waals surface area contributed by atoms with Gasteiger partial charge in [0, 0.05) is 26.2 Å². The Labute approximate surface area is 193 Å². The molecule has 4 rings (SSSR count). The van der Waals surface area contributed by atoms with Crippen LogP contribution in [0.5, 0.6) is 5.88 Å². The molecule has 0 bridgehead atoms. The number of piperazine rings is 1. The Morgan fingerprint density at radius 1 is 1.19 bits per heavy atom. The van der Waals surface area contributed by atoms with Crippen LogP contribution in [0, 0.1) is 5.92 Å². The lowest BCUT2D eigenvalue weighted by Crippen LogP contribution is -2.51. The third-order valence-corrected chi connectivity index (χ3v) is 7.77. The summed E-state index contributed by atoms with van der Waals surface area (Å²) >= 11 is 5.37. The molecule has 176 valence electrons. The molecule has 1 aromatic rings. The number of aromatic nitrogens is 2. The second-order valence-electron chi connectivity index (χ2n) is 8.91. The van der Waals surface area contributed by atoms with E-state index in [2.05, 4.69) is 9.97 Å². The largest absolute Gasteiger partial charge is 0.476 e. The van der Waals surface area contributed by atoms with E-state index in [9.17, 15) is 13.2 Å². The zero-order chi connectivity index (χ0) is 22.9. The molecule has 12 heteroatoms. The zero-order valence-corrected chi connectivity index (χ0v) is 20.0. The van der Waals surface area contributed by atoms with Gasteiger partial charge < -0.3 is 19.3 Å². The number of anilines is 1. The number of amides is 1. The van der Waals surface area contributed by atoms with Crippen LogP contribution < -0.4 is 9.64 Å². The van der Waals surface area contributed by atoms with Crippen LogP contribution in [0.3, 0.4) is 0 Å².